The van der Waals surface area contributed by atoms with Crippen molar-refractivity contribution in [2.75, 3.05) is 20.3 Å². The summed E-state index contributed by atoms with van der Waals surface area (Å²) in [4.78, 5) is 32.9. The van der Waals surface area contributed by atoms with Crippen molar-refractivity contribution in [1.29, 1.82) is 0 Å². The zero-order valence-corrected chi connectivity index (χ0v) is 11.4. The average Bonchev–Trinajstić information content (AvgIpc) is 2.39. The second-order valence-electron chi connectivity index (χ2n) is 3.92. The zero-order chi connectivity index (χ0) is 14.7. The van der Waals surface area contributed by atoms with Gasteiger partial charge in [0.25, 0.3) is 0 Å². The van der Waals surface area contributed by atoms with Crippen LogP contribution in [0.25, 0.3) is 0 Å². The molecular weight excluding hydrogens is 252 g/mol. The maximum absolute atomic E-state index is 11.2. The minimum absolute atomic E-state index is 0.0112. The van der Waals surface area contributed by atoms with Crippen molar-refractivity contribution >= 4 is 17.9 Å². The van der Waals surface area contributed by atoms with Crippen molar-refractivity contribution in [3.8, 4) is 0 Å². The molecule has 0 atom stereocenters. The second kappa shape index (κ2) is 10.1. The number of ether oxygens (including phenoxy) is 3. The first kappa shape index (κ1) is 17.2. The van der Waals surface area contributed by atoms with Crippen LogP contribution in [0.5, 0.6) is 0 Å². The molecule has 0 saturated carbocycles. The van der Waals surface area contributed by atoms with Gasteiger partial charge >= 0.3 is 17.9 Å². The molecule has 0 bridgehead atoms. The van der Waals surface area contributed by atoms with Gasteiger partial charge in [-0.25, -0.2) is 4.79 Å². The van der Waals surface area contributed by atoms with E-state index in [1.807, 2.05) is 0 Å². The molecule has 0 unspecified atom stereocenters. The summed E-state index contributed by atoms with van der Waals surface area (Å²) in [5.41, 5.74) is 0.356. The Morgan fingerprint density at radius 2 is 1.47 bits per heavy atom. The Labute approximate surface area is 112 Å². The summed E-state index contributed by atoms with van der Waals surface area (Å²) in [5, 5.41) is 0. The van der Waals surface area contributed by atoms with Gasteiger partial charge in [-0.05, 0) is 19.8 Å². The van der Waals surface area contributed by atoms with E-state index in [1.165, 1.54) is 7.11 Å². The van der Waals surface area contributed by atoms with E-state index in [-0.39, 0.29) is 26.1 Å². The zero-order valence-electron chi connectivity index (χ0n) is 11.4. The summed E-state index contributed by atoms with van der Waals surface area (Å²) in [6, 6.07) is 0. The van der Waals surface area contributed by atoms with Gasteiger partial charge in [0.1, 0.15) is 0 Å². The summed E-state index contributed by atoms with van der Waals surface area (Å²) in [6.45, 7) is 5.54. The molecule has 0 aromatic heterocycles. The van der Waals surface area contributed by atoms with E-state index in [9.17, 15) is 14.4 Å². The number of carbonyl (C=O) groups excluding carboxylic acids is 3. The quantitative estimate of drug-likeness (QED) is 0.273. The predicted octanol–water partition coefficient (Wildman–Crippen LogP) is 1.38. The van der Waals surface area contributed by atoms with E-state index in [1.54, 1.807) is 6.92 Å². The number of unbranched alkanes of at least 4 members (excludes halogenated alkanes) is 1. The van der Waals surface area contributed by atoms with Crippen molar-refractivity contribution in [2.45, 2.75) is 32.6 Å². The molecule has 0 N–H and O–H groups in total. The lowest BCUT2D eigenvalue weighted by Crippen LogP contribution is -2.11. The van der Waals surface area contributed by atoms with Crippen molar-refractivity contribution in [1.82, 2.24) is 0 Å². The van der Waals surface area contributed by atoms with Crippen LogP contribution in [0.3, 0.4) is 0 Å². The van der Waals surface area contributed by atoms with Gasteiger partial charge in [-0.15, -0.1) is 0 Å². The molecule has 0 aliphatic carbocycles. The lowest BCUT2D eigenvalue weighted by Gasteiger charge is -2.05. The van der Waals surface area contributed by atoms with Gasteiger partial charge in [-0.1, -0.05) is 6.58 Å². The molecule has 108 valence electrons. The topological polar surface area (TPSA) is 78.9 Å². The molecule has 0 aromatic carbocycles. The van der Waals surface area contributed by atoms with Crippen molar-refractivity contribution in [2.24, 2.45) is 0 Å². The lowest BCUT2D eigenvalue weighted by atomic mass is 10.3. The molecule has 0 rings (SSSR count). The fraction of sp³-hybridized carbons (Fsp3) is 0.615. The Kier molecular flexibility index (Phi) is 9.12. The van der Waals surface area contributed by atoms with Crippen molar-refractivity contribution < 1.29 is 28.6 Å². The van der Waals surface area contributed by atoms with Gasteiger partial charge in [0, 0.05) is 5.57 Å². The lowest BCUT2D eigenvalue weighted by molar-refractivity contribution is -0.149. The fourth-order valence-electron chi connectivity index (χ4n) is 1.06. The molecule has 0 fully saturated rings. The maximum atomic E-state index is 11.2. The van der Waals surface area contributed by atoms with E-state index >= 15 is 0 Å². The molecular formula is C13H20O6. The highest BCUT2D eigenvalue weighted by Crippen LogP contribution is 1.99. The first-order valence-corrected chi connectivity index (χ1v) is 6.02. The molecule has 0 radical (unpaired) electrons. The van der Waals surface area contributed by atoms with Gasteiger partial charge in [0.2, 0.25) is 0 Å². The molecule has 6 heteroatoms. The van der Waals surface area contributed by atoms with Crippen molar-refractivity contribution in [3.63, 3.8) is 0 Å². The van der Waals surface area contributed by atoms with Crippen LogP contribution in [0.15, 0.2) is 12.2 Å². The third-order valence-corrected chi connectivity index (χ3v) is 2.14. The molecule has 0 aromatic rings. The summed E-state index contributed by atoms with van der Waals surface area (Å²) < 4.78 is 14.1. The van der Waals surface area contributed by atoms with E-state index in [0.717, 1.165) is 0 Å². The number of rotatable bonds is 9. The number of carbonyl (C=O) groups is 3. The normalized spacial score (nSPS) is 9.58. The van der Waals surface area contributed by atoms with Crippen LogP contribution in [0.4, 0.5) is 0 Å². The summed E-state index contributed by atoms with van der Waals surface area (Å²) in [7, 11) is 1.26. The van der Waals surface area contributed by atoms with Gasteiger partial charge in [-0.3, -0.25) is 9.59 Å². The summed E-state index contributed by atoms with van der Waals surface area (Å²) >= 11 is 0. The summed E-state index contributed by atoms with van der Waals surface area (Å²) in [5.74, 6) is -1.30. The third-order valence-electron chi connectivity index (χ3n) is 2.14. The highest BCUT2D eigenvalue weighted by molar-refractivity contribution is 5.86. The largest absolute Gasteiger partial charge is 0.469 e. The molecule has 0 heterocycles. The van der Waals surface area contributed by atoms with Crippen LogP contribution >= 0.6 is 0 Å². The van der Waals surface area contributed by atoms with Crippen LogP contribution in [0, 0.1) is 0 Å². The van der Waals surface area contributed by atoms with E-state index in [4.69, 9.17) is 9.47 Å². The fourth-order valence-corrected chi connectivity index (χ4v) is 1.06. The SMILES string of the molecule is C=C(C)C(=O)OCCCCOC(=O)CCC(=O)OC. The van der Waals surface area contributed by atoms with Crippen LogP contribution < -0.4 is 0 Å². The molecule has 0 spiro atoms. The smallest absolute Gasteiger partial charge is 0.333 e. The highest BCUT2D eigenvalue weighted by Gasteiger charge is 2.07. The number of esters is 3. The standard InChI is InChI=1S/C13H20O6/c1-10(2)13(16)19-9-5-4-8-18-12(15)7-6-11(14)17-3/h1,4-9H2,2-3H3. The third kappa shape index (κ3) is 9.82. The van der Waals surface area contributed by atoms with Gasteiger partial charge in [0.15, 0.2) is 0 Å². The number of hydrogen-bond donors (Lipinski definition) is 0. The van der Waals surface area contributed by atoms with E-state index < -0.39 is 17.9 Å². The van der Waals surface area contributed by atoms with Crippen molar-refractivity contribution in [3.05, 3.63) is 12.2 Å². The second-order valence-corrected chi connectivity index (χ2v) is 3.92. The highest BCUT2D eigenvalue weighted by atomic mass is 16.5. The Hall–Kier alpha value is -1.85. The molecule has 6 nitrogen and oxygen atoms in total. The van der Waals surface area contributed by atoms with Crippen LogP contribution in [0.2, 0.25) is 0 Å². The van der Waals surface area contributed by atoms with Gasteiger partial charge in [-0.2, -0.15) is 0 Å². The van der Waals surface area contributed by atoms with Crippen LogP contribution in [-0.4, -0.2) is 38.2 Å². The average molecular weight is 272 g/mol. The Morgan fingerprint density at radius 3 is 2.00 bits per heavy atom. The van der Waals surface area contributed by atoms with Crippen LogP contribution in [-0.2, 0) is 28.6 Å². The molecule has 0 aliphatic heterocycles. The minimum atomic E-state index is -0.441. The Bertz CT molecular complexity index is 334. The number of hydrogen-bond acceptors (Lipinski definition) is 6. The van der Waals surface area contributed by atoms with Crippen LogP contribution in [0.1, 0.15) is 32.6 Å². The van der Waals surface area contributed by atoms with E-state index in [0.29, 0.717) is 18.4 Å². The maximum Gasteiger partial charge on any atom is 0.333 e. The Morgan fingerprint density at radius 1 is 0.947 bits per heavy atom. The molecule has 0 amide bonds. The monoisotopic (exact) mass is 272 g/mol. The Balaban J connectivity index is 3.44. The predicted molar refractivity (Wildman–Crippen MR) is 67.2 cm³/mol. The minimum Gasteiger partial charge on any atom is -0.469 e. The first-order chi connectivity index (χ1) is 8.97. The molecule has 19 heavy (non-hydrogen) atoms. The first-order valence-electron chi connectivity index (χ1n) is 6.02. The number of methoxy groups -OCH3 is 1. The molecule has 0 saturated heterocycles. The summed E-state index contributed by atoms with van der Waals surface area (Å²) in [6.07, 6.45) is 1.22. The van der Waals surface area contributed by atoms with E-state index in [2.05, 4.69) is 11.3 Å². The molecule has 0 aliphatic rings. The van der Waals surface area contributed by atoms with Gasteiger partial charge < -0.3 is 14.2 Å². The van der Waals surface area contributed by atoms with Gasteiger partial charge in [0.05, 0.1) is 33.2 Å².